The van der Waals surface area contributed by atoms with Gasteiger partial charge in [-0.15, -0.1) is 0 Å². The van der Waals surface area contributed by atoms with Crippen LogP contribution in [0.4, 0.5) is 35.1 Å². The van der Waals surface area contributed by atoms with E-state index in [-0.39, 0.29) is 129 Å². The Hall–Kier alpha value is -7.00. The Kier molecular flexibility index (Phi) is 30.8. The molecule has 8 rings (SSSR count). The van der Waals surface area contributed by atoms with Gasteiger partial charge in [0.05, 0.1) is 44.7 Å². The molecule has 110 heavy (non-hydrogen) atoms. The highest BCUT2D eigenvalue weighted by Crippen LogP contribution is 2.46. The van der Waals surface area contributed by atoms with Crippen molar-refractivity contribution in [1.29, 1.82) is 0 Å². The summed E-state index contributed by atoms with van der Waals surface area (Å²) in [6.07, 6.45) is -15.9. The zero-order chi connectivity index (χ0) is 81.2. The van der Waals surface area contributed by atoms with Crippen molar-refractivity contribution >= 4 is 70.9 Å². The van der Waals surface area contributed by atoms with E-state index in [4.69, 9.17) is 9.47 Å². The number of hydrogen-bond acceptors (Lipinski definition) is 14. The molecule has 0 radical (unpaired) electrons. The number of nitrogens with zero attached hydrogens (tertiary/aromatic N) is 9. The molecule has 34 heteroatoms. The van der Waals surface area contributed by atoms with Gasteiger partial charge in [0, 0.05) is 81.5 Å². The topological polar surface area (TPSA) is 289 Å². The third-order valence-corrected chi connectivity index (χ3v) is 24.9. The molecule has 0 aromatic heterocycles. The molecule has 2 bridgehead atoms. The van der Waals surface area contributed by atoms with E-state index in [2.05, 4.69) is 16.0 Å². The number of rotatable bonds is 13. The molecule has 622 valence electrons. The Morgan fingerprint density at radius 2 is 1.22 bits per heavy atom. The number of nitrogens with one attached hydrogen (secondary N) is 3. The summed E-state index contributed by atoms with van der Waals surface area (Å²) in [4.78, 5) is 193. The molecule has 4 aliphatic carbocycles. The van der Waals surface area contributed by atoms with Crippen LogP contribution >= 0.6 is 0 Å². The van der Waals surface area contributed by atoms with Gasteiger partial charge in [-0.3, -0.25) is 57.5 Å². The van der Waals surface area contributed by atoms with E-state index in [0.717, 1.165) is 24.5 Å². The Bertz CT molecular complexity index is 3250. The van der Waals surface area contributed by atoms with E-state index in [9.17, 15) is 45.5 Å². The van der Waals surface area contributed by atoms with Crippen LogP contribution in [0.5, 0.6) is 0 Å². The van der Waals surface area contributed by atoms with Gasteiger partial charge in [-0.25, -0.2) is 8.78 Å². The minimum Gasteiger partial charge on any atom is -0.378 e. The first-order chi connectivity index (χ1) is 51.7. The molecule has 1 spiro atoms. The van der Waals surface area contributed by atoms with E-state index >= 15 is 47.1 Å². The third-order valence-electron chi connectivity index (χ3n) is 24.9. The Balaban J connectivity index is 1.20. The Morgan fingerprint density at radius 1 is 0.600 bits per heavy atom. The molecule has 0 aromatic carbocycles. The summed E-state index contributed by atoms with van der Waals surface area (Å²) in [6.45, 7) is 7.53. The summed E-state index contributed by atoms with van der Waals surface area (Å²) >= 11 is 0. The zero-order valence-corrected chi connectivity index (χ0v) is 65.8. The van der Waals surface area contributed by atoms with Gasteiger partial charge >= 0.3 is 12.4 Å². The molecule has 4 heterocycles. The van der Waals surface area contributed by atoms with Crippen LogP contribution in [0.2, 0.25) is 0 Å². The lowest BCUT2D eigenvalue weighted by molar-refractivity contribution is -0.219. The predicted octanol–water partition coefficient (Wildman–Crippen LogP) is 5.96. The molecular formula is C76H118F8N12O14. The Labute approximate surface area is 640 Å². The second-order valence-electron chi connectivity index (χ2n) is 32.9. The molecule has 8 aliphatic rings. The molecule has 3 N–H and O–H groups in total. The van der Waals surface area contributed by atoms with Crippen LogP contribution in [0.25, 0.3) is 0 Å². The molecular weight excluding hydrogens is 1460 g/mol. The second kappa shape index (κ2) is 38.2. The van der Waals surface area contributed by atoms with Crippen molar-refractivity contribution in [3.05, 3.63) is 0 Å². The van der Waals surface area contributed by atoms with Crippen LogP contribution in [-0.2, 0) is 67.0 Å². The average molecular weight is 1580 g/mol. The number of hydrogen-bond donors (Lipinski definition) is 3. The maximum absolute atomic E-state index is 15.7. The van der Waals surface area contributed by atoms with E-state index in [1.165, 1.54) is 61.9 Å². The molecule has 4 saturated carbocycles. The largest absolute Gasteiger partial charge is 0.397 e. The molecule has 2 unspecified atom stereocenters. The first kappa shape index (κ1) is 88.6. The van der Waals surface area contributed by atoms with Gasteiger partial charge in [-0.05, 0) is 152 Å². The van der Waals surface area contributed by atoms with Crippen molar-refractivity contribution in [2.75, 3.05) is 101 Å². The summed E-state index contributed by atoms with van der Waals surface area (Å²) < 4.78 is 127. The summed E-state index contributed by atoms with van der Waals surface area (Å²) in [5, 5.41) is 8.45. The van der Waals surface area contributed by atoms with Crippen molar-refractivity contribution in [2.45, 2.75) is 267 Å². The van der Waals surface area contributed by atoms with Crippen molar-refractivity contribution in [3.8, 4) is 0 Å². The lowest BCUT2D eigenvalue weighted by atomic mass is 9.74. The maximum Gasteiger partial charge on any atom is 0.397 e. The van der Waals surface area contributed by atoms with E-state index < -0.39 is 230 Å². The molecule has 4 aliphatic heterocycles. The fraction of sp³-hybridized carbons (Fsp3) is 0.842. The minimum atomic E-state index is -5.22. The number of fused-ring (bicyclic) bond motifs is 3. The number of likely N-dealkylation sites (N-methyl/N-ethyl adjacent to an activating group) is 6. The summed E-state index contributed by atoms with van der Waals surface area (Å²) in [7, 11) is 8.09. The average Bonchev–Trinajstić information content (AvgIpc) is 1.06. The van der Waals surface area contributed by atoms with Crippen molar-refractivity contribution < 1.29 is 102 Å². The number of morpholine rings is 1. The highest BCUT2D eigenvalue weighted by Gasteiger charge is 2.56. The highest BCUT2D eigenvalue weighted by atomic mass is 19.4. The quantitative estimate of drug-likeness (QED) is 0.180. The van der Waals surface area contributed by atoms with Gasteiger partial charge < -0.3 is 69.5 Å². The van der Waals surface area contributed by atoms with Crippen LogP contribution in [0.1, 0.15) is 182 Å². The van der Waals surface area contributed by atoms with E-state index in [0.29, 0.717) is 44.9 Å². The minimum absolute atomic E-state index is 0.00760. The molecule has 0 aromatic rings. The summed E-state index contributed by atoms with van der Waals surface area (Å²) in [5.41, 5.74) is -1.70. The fourth-order valence-electron chi connectivity index (χ4n) is 17.8. The normalized spacial score (nSPS) is 32.2. The van der Waals surface area contributed by atoms with Gasteiger partial charge in [0.2, 0.25) is 70.9 Å². The van der Waals surface area contributed by atoms with E-state index in [1.54, 1.807) is 20.8 Å². The number of alkyl halides is 8. The van der Waals surface area contributed by atoms with Crippen LogP contribution in [0.3, 0.4) is 0 Å². The number of ether oxygens (including phenoxy) is 2. The Morgan fingerprint density at radius 3 is 1.79 bits per heavy atom. The van der Waals surface area contributed by atoms with Gasteiger partial charge in [-0.2, -0.15) is 26.3 Å². The fourth-order valence-corrected chi connectivity index (χ4v) is 17.8. The summed E-state index contributed by atoms with van der Waals surface area (Å²) in [6, 6.07) is -11.3. The van der Waals surface area contributed by atoms with Crippen LogP contribution in [0, 0.1) is 41.4 Å². The van der Waals surface area contributed by atoms with Gasteiger partial charge in [0.1, 0.15) is 72.1 Å². The third kappa shape index (κ3) is 21.3. The standard InChI is InChI=1S/C76H118F8N12O14/c1-12-45(5)63-71(106)89(7)43-61(99)90(8)54-21-16-17-30-95(70(54)105)58(38-46-22-25-49(26-23-46)75(79,80)81)68(103)88(6)42-59(97)85-53(27-24-47-36-51(77)62(52(78)37-47)76(82,83)84)67(102)96-41-50(110-13-2)39-56(96)66(101)87-74(28-18-29-74)73(108)93(11)64(48-19-14-15-20-48)72(107)92(10)57(69(104)94-31-33-109-34-32-94)40-60(98)91(9)55(35-44(3)4)65(100)86-63/h44-58,62-64H,12-43H2,1-11H3,(H,85,97)(H,86,100)(H,87,101)/t45-,46?,47?,49?,50-,51?,52?,53+,54+,55+,56+,57+,58+,62?,63+,64+/m1/s1. The lowest BCUT2D eigenvalue weighted by Crippen LogP contribution is -2.68. The van der Waals surface area contributed by atoms with Crippen LogP contribution in [0.15, 0.2) is 0 Å². The molecule has 12 amide bonds. The van der Waals surface area contributed by atoms with Crippen molar-refractivity contribution in [2.24, 2.45) is 41.4 Å². The number of carbonyl (C=O) groups excluding carboxylic acids is 12. The second-order valence-corrected chi connectivity index (χ2v) is 32.9. The number of amides is 12. The van der Waals surface area contributed by atoms with Crippen molar-refractivity contribution in [3.63, 3.8) is 0 Å². The monoisotopic (exact) mass is 1570 g/mol. The number of halogens is 8. The van der Waals surface area contributed by atoms with E-state index in [1.807, 2.05) is 13.8 Å². The number of carbonyl (C=O) groups is 12. The molecule has 12 atom stereocenters. The molecule has 26 nitrogen and oxygen atoms in total. The van der Waals surface area contributed by atoms with Crippen molar-refractivity contribution in [1.82, 2.24) is 60.0 Å². The van der Waals surface area contributed by atoms with Gasteiger partial charge in [0.15, 0.2) is 0 Å². The first-order valence-corrected chi connectivity index (χ1v) is 39.7. The van der Waals surface area contributed by atoms with Crippen LogP contribution in [-0.4, -0.2) is 301 Å². The molecule has 4 saturated heterocycles. The molecule has 8 fully saturated rings. The SMILES string of the molecule is CCO[C@@H]1C[C@H]2C(=O)NC3(CCC3)C(=O)N(C)[C@@H](C3CCCC3)C(=O)N(C)[C@H](C(=O)N3CCOCC3)CC(=O)N(C)[C@@H](CC(C)C)C(=O)N[C@@H]([C@H](C)CC)C(=O)N(C)CC(=O)N(C)[C@H]3CCCCN(C3=O)[C@@H](CC3CCC(C(F)(F)F)CC3)C(=O)N(C)CC(=O)N[C@@H](CCC3CC(F)C(C(F)(F)F)C(F)C3)C(=O)N2C1. The predicted molar refractivity (Wildman–Crippen MR) is 385 cm³/mol. The smallest absolute Gasteiger partial charge is 0.378 e. The summed E-state index contributed by atoms with van der Waals surface area (Å²) in [5.74, 6) is -16.8. The first-order valence-electron chi connectivity index (χ1n) is 39.7. The van der Waals surface area contributed by atoms with Gasteiger partial charge in [0.25, 0.3) is 0 Å². The maximum atomic E-state index is 15.7. The zero-order valence-electron chi connectivity index (χ0n) is 65.8. The van der Waals surface area contributed by atoms with Crippen LogP contribution < -0.4 is 16.0 Å². The van der Waals surface area contributed by atoms with Gasteiger partial charge in [-0.1, -0.05) is 47.0 Å². The lowest BCUT2D eigenvalue weighted by Gasteiger charge is -2.47. The highest BCUT2D eigenvalue weighted by molar-refractivity contribution is 6.01.